The summed E-state index contributed by atoms with van der Waals surface area (Å²) in [5.74, 6) is 0.133. The average molecular weight is 320 g/mol. The van der Waals surface area contributed by atoms with E-state index in [0.717, 1.165) is 5.56 Å². The standard InChI is InChI=1S/C18H13FN4O/c1-12-18(20-22-23(12)16-10-6-5-9-14(16)19)17-11-15(21-24-17)13-7-3-2-4-8-13/h2-11H,1H3. The van der Waals surface area contributed by atoms with Crippen LogP contribution in [0, 0.1) is 12.7 Å². The molecule has 0 saturated heterocycles. The van der Waals surface area contributed by atoms with E-state index in [-0.39, 0.29) is 5.82 Å². The minimum absolute atomic E-state index is 0.344. The number of hydrogen-bond donors (Lipinski definition) is 0. The predicted octanol–water partition coefficient (Wildman–Crippen LogP) is 4.04. The molecule has 0 unspecified atom stereocenters. The number of hydrogen-bond acceptors (Lipinski definition) is 4. The minimum Gasteiger partial charge on any atom is -0.354 e. The van der Waals surface area contributed by atoms with Crippen LogP contribution >= 0.6 is 0 Å². The van der Waals surface area contributed by atoms with E-state index in [9.17, 15) is 4.39 Å². The topological polar surface area (TPSA) is 56.7 Å². The Bertz CT molecular complexity index is 991. The lowest BCUT2D eigenvalue weighted by Crippen LogP contribution is -2.01. The molecule has 24 heavy (non-hydrogen) atoms. The van der Waals surface area contributed by atoms with Crippen LogP contribution in [0.4, 0.5) is 4.39 Å². The third-order valence-electron chi connectivity index (χ3n) is 3.79. The van der Waals surface area contributed by atoms with Gasteiger partial charge in [0.15, 0.2) is 11.5 Å². The number of rotatable bonds is 3. The maximum atomic E-state index is 14.0. The molecule has 0 amide bonds. The van der Waals surface area contributed by atoms with Crippen molar-refractivity contribution in [3.63, 3.8) is 0 Å². The predicted molar refractivity (Wildman–Crippen MR) is 87.0 cm³/mol. The normalized spacial score (nSPS) is 10.9. The van der Waals surface area contributed by atoms with Crippen molar-refractivity contribution in [3.8, 4) is 28.4 Å². The van der Waals surface area contributed by atoms with Gasteiger partial charge >= 0.3 is 0 Å². The molecule has 2 aromatic heterocycles. The second-order valence-corrected chi connectivity index (χ2v) is 5.33. The highest BCUT2D eigenvalue weighted by Gasteiger charge is 2.18. The zero-order valence-electron chi connectivity index (χ0n) is 12.8. The summed E-state index contributed by atoms with van der Waals surface area (Å²) in [5, 5.41) is 12.2. The van der Waals surface area contributed by atoms with Gasteiger partial charge in [-0.3, -0.25) is 0 Å². The van der Waals surface area contributed by atoms with Crippen LogP contribution in [0.2, 0.25) is 0 Å². The molecule has 2 heterocycles. The Hall–Kier alpha value is -3.28. The molecule has 0 bridgehead atoms. The zero-order chi connectivity index (χ0) is 16.5. The molecule has 6 heteroatoms. The van der Waals surface area contributed by atoms with Gasteiger partial charge in [0.2, 0.25) is 0 Å². The Morgan fingerprint density at radius 2 is 1.75 bits per heavy atom. The first-order chi connectivity index (χ1) is 11.7. The van der Waals surface area contributed by atoms with Crippen LogP contribution in [0.5, 0.6) is 0 Å². The third kappa shape index (κ3) is 2.38. The van der Waals surface area contributed by atoms with E-state index < -0.39 is 0 Å². The molecular formula is C18H13FN4O. The van der Waals surface area contributed by atoms with Gasteiger partial charge in [-0.1, -0.05) is 52.8 Å². The summed E-state index contributed by atoms with van der Waals surface area (Å²) in [6.45, 7) is 1.81. The summed E-state index contributed by atoms with van der Waals surface area (Å²) < 4.78 is 20.8. The largest absolute Gasteiger partial charge is 0.354 e. The summed E-state index contributed by atoms with van der Waals surface area (Å²) in [7, 11) is 0. The van der Waals surface area contributed by atoms with Crippen molar-refractivity contribution in [2.45, 2.75) is 6.92 Å². The number of halogens is 1. The fourth-order valence-electron chi connectivity index (χ4n) is 2.54. The number of nitrogens with zero attached hydrogens (tertiary/aromatic N) is 4. The van der Waals surface area contributed by atoms with Crippen molar-refractivity contribution in [1.29, 1.82) is 0 Å². The van der Waals surface area contributed by atoms with E-state index in [4.69, 9.17) is 4.52 Å². The van der Waals surface area contributed by atoms with Crippen molar-refractivity contribution in [3.05, 3.63) is 72.2 Å². The molecule has 118 valence electrons. The Kier molecular flexibility index (Phi) is 3.42. The lowest BCUT2D eigenvalue weighted by molar-refractivity contribution is 0.433. The first-order valence-electron chi connectivity index (χ1n) is 7.44. The fourth-order valence-corrected chi connectivity index (χ4v) is 2.54. The maximum Gasteiger partial charge on any atom is 0.189 e. The van der Waals surface area contributed by atoms with Crippen LogP contribution in [0.1, 0.15) is 5.69 Å². The number of aromatic nitrogens is 4. The van der Waals surface area contributed by atoms with Crippen molar-refractivity contribution in [1.82, 2.24) is 20.2 Å². The van der Waals surface area contributed by atoms with E-state index in [0.29, 0.717) is 28.5 Å². The summed E-state index contributed by atoms with van der Waals surface area (Å²) in [6, 6.07) is 17.9. The van der Waals surface area contributed by atoms with E-state index in [1.165, 1.54) is 10.7 Å². The summed E-state index contributed by atoms with van der Waals surface area (Å²) in [5.41, 5.74) is 3.22. The van der Waals surface area contributed by atoms with Gasteiger partial charge in [-0.2, -0.15) is 0 Å². The average Bonchev–Trinajstić information content (AvgIpc) is 3.23. The molecular weight excluding hydrogens is 307 g/mol. The van der Waals surface area contributed by atoms with Crippen molar-refractivity contribution >= 4 is 0 Å². The number of benzene rings is 2. The smallest absolute Gasteiger partial charge is 0.189 e. The maximum absolute atomic E-state index is 14.0. The summed E-state index contributed by atoms with van der Waals surface area (Å²) >= 11 is 0. The van der Waals surface area contributed by atoms with Gasteiger partial charge in [-0.05, 0) is 19.1 Å². The quantitative estimate of drug-likeness (QED) is 0.572. The Morgan fingerprint density at radius 1 is 1.00 bits per heavy atom. The number of para-hydroxylation sites is 1. The van der Waals surface area contributed by atoms with Gasteiger partial charge in [0, 0.05) is 11.6 Å². The van der Waals surface area contributed by atoms with Crippen LogP contribution in [0.3, 0.4) is 0 Å². The Balaban J connectivity index is 1.74. The lowest BCUT2D eigenvalue weighted by atomic mass is 10.1. The Morgan fingerprint density at radius 3 is 2.54 bits per heavy atom. The highest BCUT2D eigenvalue weighted by atomic mass is 19.1. The molecule has 4 rings (SSSR count). The van der Waals surface area contributed by atoms with Gasteiger partial charge in [0.05, 0.1) is 5.69 Å². The SMILES string of the molecule is Cc1c(-c2cc(-c3ccccc3)no2)nnn1-c1ccccc1F. The van der Waals surface area contributed by atoms with Gasteiger partial charge in [-0.15, -0.1) is 5.10 Å². The second kappa shape index (κ2) is 5.73. The molecule has 0 aliphatic heterocycles. The van der Waals surface area contributed by atoms with Crippen LogP contribution in [-0.2, 0) is 0 Å². The van der Waals surface area contributed by atoms with Crippen molar-refractivity contribution in [2.75, 3.05) is 0 Å². The molecule has 0 saturated carbocycles. The van der Waals surface area contributed by atoms with E-state index >= 15 is 0 Å². The first-order valence-corrected chi connectivity index (χ1v) is 7.44. The molecule has 0 aliphatic carbocycles. The molecule has 4 aromatic rings. The molecule has 0 radical (unpaired) electrons. The van der Waals surface area contributed by atoms with Crippen LogP contribution in [0.25, 0.3) is 28.4 Å². The molecule has 2 aromatic carbocycles. The van der Waals surface area contributed by atoms with Gasteiger partial charge in [-0.25, -0.2) is 9.07 Å². The summed E-state index contributed by atoms with van der Waals surface area (Å²) in [6.07, 6.45) is 0. The van der Waals surface area contributed by atoms with E-state index in [1.807, 2.05) is 37.3 Å². The molecule has 5 nitrogen and oxygen atoms in total. The molecule has 0 spiro atoms. The molecule has 0 N–H and O–H groups in total. The van der Waals surface area contributed by atoms with Gasteiger partial charge in [0.1, 0.15) is 17.2 Å². The monoisotopic (exact) mass is 320 g/mol. The van der Waals surface area contributed by atoms with E-state index in [1.54, 1.807) is 24.3 Å². The molecule has 0 atom stereocenters. The minimum atomic E-state index is -0.361. The highest BCUT2D eigenvalue weighted by Crippen LogP contribution is 2.27. The Labute approximate surface area is 137 Å². The molecule has 0 fully saturated rings. The lowest BCUT2D eigenvalue weighted by Gasteiger charge is -2.03. The highest BCUT2D eigenvalue weighted by molar-refractivity contribution is 5.65. The summed E-state index contributed by atoms with van der Waals surface area (Å²) in [4.78, 5) is 0. The fraction of sp³-hybridized carbons (Fsp3) is 0.0556. The van der Waals surface area contributed by atoms with Crippen molar-refractivity contribution in [2.24, 2.45) is 0 Å². The third-order valence-corrected chi connectivity index (χ3v) is 3.79. The van der Waals surface area contributed by atoms with E-state index in [2.05, 4.69) is 15.5 Å². The van der Waals surface area contributed by atoms with Crippen molar-refractivity contribution < 1.29 is 8.91 Å². The zero-order valence-corrected chi connectivity index (χ0v) is 12.8. The first kappa shape index (κ1) is 14.3. The van der Waals surface area contributed by atoms with Gasteiger partial charge < -0.3 is 4.52 Å². The van der Waals surface area contributed by atoms with Crippen LogP contribution in [-0.4, -0.2) is 20.2 Å². The second-order valence-electron chi connectivity index (χ2n) is 5.33. The molecule has 0 aliphatic rings. The van der Waals surface area contributed by atoms with Gasteiger partial charge in [0.25, 0.3) is 0 Å². The van der Waals surface area contributed by atoms with Crippen LogP contribution in [0.15, 0.2) is 65.2 Å². The van der Waals surface area contributed by atoms with Crippen LogP contribution < -0.4 is 0 Å².